The van der Waals surface area contributed by atoms with Gasteiger partial charge in [-0.25, -0.2) is 0 Å². The second-order valence-corrected chi connectivity index (χ2v) is 22.3. The Morgan fingerprint density at radius 3 is 0.825 bits per heavy atom. The SMILES string of the molecule is CC/C=C\C/C=C\C/C=C\C/C=C\C/C=C\C/C=C\C/C=C\CCCCCCCCCCCCCCCC(=O)OCC(COC(=O)CCCCCCC/C=C\CCC)OC(=O)CCCCCCCCC/C=C\CCCCCCCC. The van der Waals surface area contributed by atoms with Crippen LogP contribution in [0.25, 0.3) is 0 Å². The van der Waals surface area contributed by atoms with E-state index in [1.54, 1.807) is 0 Å². The van der Waals surface area contributed by atoms with Gasteiger partial charge in [0.25, 0.3) is 0 Å². The van der Waals surface area contributed by atoms with Gasteiger partial charge in [-0.15, -0.1) is 0 Å². The second-order valence-electron chi connectivity index (χ2n) is 22.3. The van der Waals surface area contributed by atoms with Crippen LogP contribution in [-0.2, 0) is 28.6 Å². The molecule has 0 radical (unpaired) electrons. The molecule has 0 fully saturated rings. The first-order valence-electron chi connectivity index (χ1n) is 33.9. The van der Waals surface area contributed by atoms with Crippen LogP contribution in [-0.4, -0.2) is 37.2 Å². The molecule has 0 aliphatic rings. The van der Waals surface area contributed by atoms with E-state index >= 15 is 0 Å². The third-order valence-electron chi connectivity index (χ3n) is 14.5. The van der Waals surface area contributed by atoms with Crippen LogP contribution < -0.4 is 0 Å². The molecule has 0 aliphatic heterocycles. The first kappa shape index (κ1) is 76.1. The highest BCUT2D eigenvalue weighted by atomic mass is 16.6. The van der Waals surface area contributed by atoms with Gasteiger partial charge in [0, 0.05) is 19.3 Å². The summed E-state index contributed by atoms with van der Waals surface area (Å²) in [6, 6.07) is 0. The lowest BCUT2D eigenvalue weighted by Gasteiger charge is -2.18. The van der Waals surface area contributed by atoms with Gasteiger partial charge in [-0.1, -0.05) is 291 Å². The number of carbonyl (C=O) groups is 3. The van der Waals surface area contributed by atoms with Gasteiger partial charge in [0.1, 0.15) is 13.2 Å². The Morgan fingerprint density at radius 2 is 0.512 bits per heavy atom. The third-order valence-corrected chi connectivity index (χ3v) is 14.5. The summed E-state index contributed by atoms with van der Waals surface area (Å²) in [7, 11) is 0. The first-order chi connectivity index (χ1) is 39.5. The maximum Gasteiger partial charge on any atom is 0.306 e. The van der Waals surface area contributed by atoms with Gasteiger partial charge in [0.15, 0.2) is 6.10 Å². The van der Waals surface area contributed by atoms with E-state index in [2.05, 4.69) is 130 Å². The van der Waals surface area contributed by atoms with Crippen molar-refractivity contribution in [2.24, 2.45) is 0 Å². The van der Waals surface area contributed by atoms with Gasteiger partial charge in [-0.05, 0) is 122 Å². The predicted molar refractivity (Wildman–Crippen MR) is 348 cm³/mol. The van der Waals surface area contributed by atoms with Crippen molar-refractivity contribution in [3.63, 3.8) is 0 Å². The monoisotopic (exact) mass is 1110 g/mol. The van der Waals surface area contributed by atoms with E-state index in [9.17, 15) is 14.4 Å². The predicted octanol–water partition coefficient (Wildman–Crippen LogP) is 23.4. The molecule has 458 valence electrons. The fraction of sp³-hybridized carbons (Fsp3) is 0.716. The lowest BCUT2D eigenvalue weighted by atomic mass is 10.0. The van der Waals surface area contributed by atoms with E-state index in [1.165, 1.54) is 167 Å². The van der Waals surface area contributed by atoms with Crippen molar-refractivity contribution in [3.05, 3.63) is 109 Å². The van der Waals surface area contributed by atoms with Crippen molar-refractivity contribution in [3.8, 4) is 0 Å². The number of rotatable bonds is 61. The molecular weight excluding hydrogens is 985 g/mol. The summed E-state index contributed by atoms with van der Waals surface area (Å²) in [6.07, 6.45) is 92.6. The number of allylic oxidation sites excluding steroid dienone is 18. The highest BCUT2D eigenvalue weighted by molar-refractivity contribution is 5.71. The van der Waals surface area contributed by atoms with Crippen molar-refractivity contribution in [2.45, 2.75) is 329 Å². The van der Waals surface area contributed by atoms with Crippen LogP contribution in [0.5, 0.6) is 0 Å². The Morgan fingerprint density at radius 1 is 0.263 bits per heavy atom. The van der Waals surface area contributed by atoms with Crippen LogP contribution in [0.15, 0.2) is 109 Å². The van der Waals surface area contributed by atoms with E-state index in [4.69, 9.17) is 14.2 Å². The fourth-order valence-electron chi connectivity index (χ4n) is 9.42. The zero-order valence-corrected chi connectivity index (χ0v) is 52.6. The normalized spacial score (nSPS) is 12.8. The van der Waals surface area contributed by atoms with Gasteiger partial charge in [-0.2, -0.15) is 0 Å². The zero-order chi connectivity index (χ0) is 57.8. The summed E-state index contributed by atoms with van der Waals surface area (Å²) in [5, 5.41) is 0. The third kappa shape index (κ3) is 64.9. The number of ether oxygens (including phenoxy) is 3. The average molecular weight is 1110 g/mol. The number of unbranched alkanes of at least 4 members (excludes halogenated alkanes) is 32. The first-order valence-corrected chi connectivity index (χ1v) is 33.9. The van der Waals surface area contributed by atoms with Crippen LogP contribution in [0.4, 0.5) is 0 Å². The molecule has 0 rings (SSSR count). The molecule has 1 atom stereocenters. The number of esters is 3. The molecule has 0 aliphatic carbocycles. The van der Waals surface area contributed by atoms with Crippen LogP contribution in [0.2, 0.25) is 0 Å². The molecule has 1 unspecified atom stereocenters. The summed E-state index contributed by atoms with van der Waals surface area (Å²) in [4.78, 5) is 38.2. The summed E-state index contributed by atoms with van der Waals surface area (Å²) in [5.74, 6) is -0.888. The topological polar surface area (TPSA) is 78.9 Å². The summed E-state index contributed by atoms with van der Waals surface area (Å²) >= 11 is 0. The van der Waals surface area contributed by atoms with Crippen molar-refractivity contribution < 1.29 is 28.6 Å². The van der Waals surface area contributed by atoms with Gasteiger partial charge in [-0.3, -0.25) is 14.4 Å². The van der Waals surface area contributed by atoms with E-state index < -0.39 is 6.10 Å². The van der Waals surface area contributed by atoms with Crippen LogP contribution >= 0.6 is 0 Å². The van der Waals surface area contributed by atoms with Crippen LogP contribution in [0.1, 0.15) is 323 Å². The highest BCUT2D eigenvalue weighted by Crippen LogP contribution is 2.16. The van der Waals surface area contributed by atoms with E-state index in [0.717, 1.165) is 116 Å². The summed E-state index contributed by atoms with van der Waals surface area (Å²) < 4.78 is 16.9. The molecule has 6 nitrogen and oxygen atoms in total. The van der Waals surface area contributed by atoms with Gasteiger partial charge >= 0.3 is 17.9 Å². The number of carbonyl (C=O) groups excluding carboxylic acids is 3. The van der Waals surface area contributed by atoms with Gasteiger partial charge in [0.05, 0.1) is 0 Å². The van der Waals surface area contributed by atoms with Gasteiger partial charge < -0.3 is 14.2 Å². The minimum absolute atomic E-state index is 0.0809. The maximum absolute atomic E-state index is 12.9. The summed E-state index contributed by atoms with van der Waals surface area (Å²) in [5.41, 5.74) is 0. The Hall–Kier alpha value is -3.93. The van der Waals surface area contributed by atoms with E-state index in [-0.39, 0.29) is 31.1 Å². The molecule has 0 aromatic heterocycles. The molecule has 0 saturated heterocycles. The van der Waals surface area contributed by atoms with E-state index in [0.29, 0.717) is 19.3 Å². The minimum atomic E-state index is -0.783. The van der Waals surface area contributed by atoms with Crippen LogP contribution in [0.3, 0.4) is 0 Å². The maximum atomic E-state index is 12.9. The molecule has 0 aromatic rings. The standard InChI is InChI=1S/C74H126O6/c1-4-7-10-13-16-19-22-24-26-28-29-30-31-32-33-34-35-36-37-38-39-40-41-42-43-44-45-47-48-50-52-55-58-61-64-67-73(76)79-70-71(69-78-72(75)66-63-60-57-54-21-18-15-12-9-6-3)80-74(77)68-65-62-59-56-53-51-49-46-27-25-23-20-17-14-11-8-5-2/h7,10,12,15-16,19,24-27,29-30,32-33,35-36,38-39,71H,4-6,8-9,11,13-14,17-18,20-23,28,31,34,37,40-70H2,1-3H3/b10-7-,15-12-,19-16-,26-24-,27-25-,30-29-,33-32-,36-35-,39-38-. The van der Waals surface area contributed by atoms with Gasteiger partial charge in [0.2, 0.25) is 0 Å². The molecular formula is C74H126O6. The van der Waals surface area contributed by atoms with Crippen LogP contribution in [0, 0.1) is 0 Å². The molecule has 0 N–H and O–H groups in total. The van der Waals surface area contributed by atoms with Crippen molar-refractivity contribution in [2.75, 3.05) is 13.2 Å². The molecule has 80 heavy (non-hydrogen) atoms. The highest BCUT2D eigenvalue weighted by Gasteiger charge is 2.19. The van der Waals surface area contributed by atoms with Crippen molar-refractivity contribution >= 4 is 17.9 Å². The zero-order valence-electron chi connectivity index (χ0n) is 52.6. The Balaban J connectivity index is 4.14. The molecule has 0 amide bonds. The Labute approximate surface area is 495 Å². The molecule has 0 heterocycles. The van der Waals surface area contributed by atoms with Crippen molar-refractivity contribution in [1.82, 2.24) is 0 Å². The summed E-state index contributed by atoms with van der Waals surface area (Å²) in [6.45, 7) is 6.47. The number of hydrogen-bond donors (Lipinski definition) is 0. The smallest absolute Gasteiger partial charge is 0.306 e. The molecule has 0 saturated carbocycles. The molecule has 0 spiro atoms. The Kier molecular flexibility index (Phi) is 64.3. The quantitative estimate of drug-likeness (QED) is 0.0261. The lowest BCUT2D eigenvalue weighted by molar-refractivity contribution is -0.167. The number of hydrogen-bond acceptors (Lipinski definition) is 6. The lowest BCUT2D eigenvalue weighted by Crippen LogP contribution is -2.30. The average Bonchev–Trinajstić information content (AvgIpc) is 3.46. The second kappa shape index (κ2) is 67.6. The fourth-order valence-corrected chi connectivity index (χ4v) is 9.42. The molecule has 6 heteroatoms. The molecule has 0 bridgehead atoms. The molecule has 0 aromatic carbocycles. The van der Waals surface area contributed by atoms with Crippen molar-refractivity contribution in [1.29, 1.82) is 0 Å². The minimum Gasteiger partial charge on any atom is -0.462 e. The Bertz CT molecular complexity index is 1610. The van der Waals surface area contributed by atoms with E-state index in [1.807, 2.05) is 0 Å². The largest absolute Gasteiger partial charge is 0.462 e.